The normalized spacial score (nSPS) is 21.5. The van der Waals surface area contributed by atoms with Gasteiger partial charge in [-0.25, -0.2) is 4.79 Å². The quantitative estimate of drug-likeness (QED) is 0.714. The number of nitrogens with one attached hydrogen (secondary N) is 1. The van der Waals surface area contributed by atoms with Gasteiger partial charge in [-0.2, -0.15) is 0 Å². The zero-order valence-corrected chi connectivity index (χ0v) is 15.2. The van der Waals surface area contributed by atoms with Gasteiger partial charge in [0.25, 0.3) is 0 Å². The van der Waals surface area contributed by atoms with E-state index >= 15 is 0 Å². The maximum absolute atomic E-state index is 12.6. The number of nitrogens with zero attached hydrogens (tertiary/aromatic N) is 1. The van der Waals surface area contributed by atoms with Gasteiger partial charge in [0.05, 0.1) is 5.92 Å². The lowest BCUT2D eigenvalue weighted by Crippen LogP contribution is -2.47. The number of urea groups is 1. The molecule has 0 atom stereocenters. The van der Waals surface area contributed by atoms with E-state index in [4.69, 9.17) is 5.11 Å². The number of amides is 2. The molecular formula is C18H34N2O3. The summed E-state index contributed by atoms with van der Waals surface area (Å²) in [5, 5.41) is 12.2. The maximum Gasteiger partial charge on any atom is 0.317 e. The summed E-state index contributed by atoms with van der Waals surface area (Å²) >= 11 is 0. The summed E-state index contributed by atoms with van der Waals surface area (Å²) in [7, 11) is 0. The Morgan fingerprint density at radius 2 is 1.48 bits per heavy atom. The molecule has 23 heavy (non-hydrogen) atoms. The first kappa shape index (κ1) is 19.8. The van der Waals surface area contributed by atoms with Crippen molar-refractivity contribution in [3.05, 3.63) is 0 Å². The first-order valence-electron chi connectivity index (χ1n) is 9.07. The van der Waals surface area contributed by atoms with Crippen LogP contribution in [0.2, 0.25) is 0 Å². The van der Waals surface area contributed by atoms with Crippen molar-refractivity contribution in [2.75, 3.05) is 13.1 Å². The minimum absolute atomic E-state index is 0.0186. The molecule has 2 N–H and O–H groups in total. The van der Waals surface area contributed by atoms with Crippen LogP contribution in [0.4, 0.5) is 4.79 Å². The standard InChI is InChI=1S/C18H34N2O3/c1-13(2)9-11-20(12-10-14(3)4)18(23)19-16-7-5-15(6-8-16)17(21)22/h13-16H,5-12H2,1-4H3,(H,19,23)(H,21,22). The van der Waals surface area contributed by atoms with Gasteiger partial charge in [0.2, 0.25) is 0 Å². The lowest BCUT2D eigenvalue weighted by Gasteiger charge is -2.31. The monoisotopic (exact) mass is 326 g/mol. The van der Waals surface area contributed by atoms with E-state index in [9.17, 15) is 9.59 Å². The summed E-state index contributed by atoms with van der Waals surface area (Å²) < 4.78 is 0. The number of carboxylic acid groups (broad SMARTS) is 1. The number of carbonyl (C=O) groups is 2. The molecule has 5 nitrogen and oxygen atoms in total. The van der Waals surface area contributed by atoms with Crippen molar-refractivity contribution in [3.63, 3.8) is 0 Å². The van der Waals surface area contributed by atoms with Crippen LogP contribution in [0.3, 0.4) is 0 Å². The van der Waals surface area contributed by atoms with Crippen molar-refractivity contribution in [3.8, 4) is 0 Å². The fraction of sp³-hybridized carbons (Fsp3) is 0.889. The van der Waals surface area contributed by atoms with Gasteiger partial charge in [-0.15, -0.1) is 0 Å². The lowest BCUT2D eigenvalue weighted by molar-refractivity contribution is -0.142. The van der Waals surface area contributed by atoms with E-state index in [1.54, 1.807) is 0 Å². The van der Waals surface area contributed by atoms with Crippen molar-refractivity contribution in [1.29, 1.82) is 0 Å². The summed E-state index contributed by atoms with van der Waals surface area (Å²) in [4.78, 5) is 25.5. The number of hydrogen-bond donors (Lipinski definition) is 2. The van der Waals surface area contributed by atoms with E-state index in [-0.39, 0.29) is 18.0 Å². The molecule has 0 heterocycles. The van der Waals surface area contributed by atoms with Crippen LogP contribution in [0, 0.1) is 17.8 Å². The van der Waals surface area contributed by atoms with Crippen LogP contribution < -0.4 is 5.32 Å². The number of aliphatic carboxylic acids is 1. The Hall–Kier alpha value is -1.26. The van der Waals surface area contributed by atoms with Crippen molar-refractivity contribution >= 4 is 12.0 Å². The van der Waals surface area contributed by atoms with Crippen LogP contribution in [-0.4, -0.2) is 41.1 Å². The number of rotatable bonds is 8. The molecule has 1 aliphatic carbocycles. The second-order valence-electron chi connectivity index (χ2n) is 7.69. The highest BCUT2D eigenvalue weighted by Gasteiger charge is 2.27. The molecule has 0 bridgehead atoms. The van der Waals surface area contributed by atoms with Gasteiger partial charge in [0, 0.05) is 19.1 Å². The molecule has 0 aliphatic heterocycles. The van der Waals surface area contributed by atoms with E-state index in [1.165, 1.54) is 0 Å². The van der Waals surface area contributed by atoms with Crippen LogP contribution in [0.25, 0.3) is 0 Å². The Morgan fingerprint density at radius 3 is 1.87 bits per heavy atom. The van der Waals surface area contributed by atoms with Crippen LogP contribution in [0.5, 0.6) is 0 Å². The Morgan fingerprint density at radius 1 is 1.00 bits per heavy atom. The zero-order valence-electron chi connectivity index (χ0n) is 15.2. The maximum atomic E-state index is 12.6. The van der Waals surface area contributed by atoms with Gasteiger partial charge in [-0.1, -0.05) is 27.7 Å². The minimum Gasteiger partial charge on any atom is -0.481 e. The zero-order chi connectivity index (χ0) is 17.4. The largest absolute Gasteiger partial charge is 0.481 e. The molecule has 0 aromatic rings. The highest BCUT2D eigenvalue weighted by Crippen LogP contribution is 2.24. The molecule has 0 saturated heterocycles. The van der Waals surface area contributed by atoms with Crippen LogP contribution >= 0.6 is 0 Å². The summed E-state index contributed by atoms with van der Waals surface area (Å²) in [6.45, 7) is 10.3. The van der Waals surface area contributed by atoms with E-state index in [0.29, 0.717) is 24.7 Å². The summed E-state index contributed by atoms with van der Waals surface area (Å²) in [5.41, 5.74) is 0. The Balaban J connectivity index is 2.47. The second-order valence-corrected chi connectivity index (χ2v) is 7.69. The molecular weight excluding hydrogens is 292 g/mol. The molecule has 134 valence electrons. The Labute approximate surface area is 140 Å². The van der Waals surface area contributed by atoms with E-state index in [0.717, 1.165) is 38.8 Å². The molecule has 5 heteroatoms. The second kappa shape index (κ2) is 9.78. The molecule has 1 aliphatic rings. The Bertz CT molecular complexity index is 362. The molecule has 0 spiro atoms. The molecule has 0 aromatic heterocycles. The van der Waals surface area contributed by atoms with Gasteiger partial charge >= 0.3 is 12.0 Å². The van der Waals surface area contributed by atoms with Crippen molar-refractivity contribution in [1.82, 2.24) is 10.2 Å². The first-order valence-corrected chi connectivity index (χ1v) is 9.07. The van der Waals surface area contributed by atoms with E-state index < -0.39 is 5.97 Å². The number of hydrogen-bond acceptors (Lipinski definition) is 2. The molecule has 0 aromatic carbocycles. The van der Waals surface area contributed by atoms with E-state index in [1.807, 2.05) is 4.90 Å². The number of carboxylic acids is 1. The lowest BCUT2D eigenvalue weighted by atomic mass is 9.86. The predicted octanol–water partition coefficient (Wildman–Crippen LogP) is 3.73. The molecule has 0 unspecified atom stereocenters. The number of carbonyl (C=O) groups excluding carboxylic acids is 1. The third kappa shape index (κ3) is 7.71. The van der Waals surface area contributed by atoms with Gasteiger partial charge in [-0.05, 0) is 50.4 Å². The summed E-state index contributed by atoms with van der Waals surface area (Å²) in [6.07, 6.45) is 4.89. The highest BCUT2D eigenvalue weighted by atomic mass is 16.4. The van der Waals surface area contributed by atoms with Gasteiger partial charge in [0.15, 0.2) is 0 Å². The first-order chi connectivity index (χ1) is 10.8. The average molecular weight is 326 g/mol. The fourth-order valence-electron chi connectivity index (χ4n) is 2.89. The van der Waals surface area contributed by atoms with Gasteiger partial charge in [0.1, 0.15) is 0 Å². The van der Waals surface area contributed by atoms with Crippen LogP contribution in [-0.2, 0) is 4.79 Å². The van der Waals surface area contributed by atoms with Gasteiger partial charge in [-0.3, -0.25) is 4.79 Å². The smallest absolute Gasteiger partial charge is 0.317 e. The summed E-state index contributed by atoms with van der Waals surface area (Å²) in [6, 6.07) is 0.142. The topological polar surface area (TPSA) is 69.6 Å². The van der Waals surface area contributed by atoms with E-state index in [2.05, 4.69) is 33.0 Å². The Kier molecular flexibility index (Phi) is 8.42. The van der Waals surface area contributed by atoms with Crippen molar-refractivity contribution < 1.29 is 14.7 Å². The molecule has 1 rings (SSSR count). The van der Waals surface area contributed by atoms with Crippen molar-refractivity contribution in [2.24, 2.45) is 17.8 Å². The fourth-order valence-corrected chi connectivity index (χ4v) is 2.89. The molecule has 1 saturated carbocycles. The highest BCUT2D eigenvalue weighted by molar-refractivity contribution is 5.74. The third-order valence-electron chi connectivity index (χ3n) is 4.64. The SMILES string of the molecule is CC(C)CCN(CCC(C)C)C(=O)NC1CCC(C(=O)O)CC1. The van der Waals surface area contributed by atoms with Crippen LogP contribution in [0.15, 0.2) is 0 Å². The minimum atomic E-state index is -0.703. The predicted molar refractivity (Wildman–Crippen MR) is 92.4 cm³/mol. The summed E-state index contributed by atoms with van der Waals surface area (Å²) in [5.74, 6) is 0.220. The third-order valence-corrected chi connectivity index (χ3v) is 4.64. The van der Waals surface area contributed by atoms with Crippen LogP contribution in [0.1, 0.15) is 66.2 Å². The van der Waals surface area contributed by atoms with Crippen molar-refractivity contribution in [2.45, 2.75) is 72.3 Å². The molecule has 0 radical (unpaired) electrons. The molecule has 2 amide bonds. The molecule has 1 fully saturated rings. The average Bonchev–Trinajstić information content (AvgIpc) is 2.47. The van der Waals surface area contributed by atoms with Gasteiger partial charge < -0.3 is 15.3 Å².